The molecule has 162 valence electrons. The van der Waals surface area contributed by atoms with Gasteiger partial charge in [-0.2, -0.15) is 0 Å². The van der Waals surface area contributed by atoms with E-state index in [1.807, 2.05) is 0 Å². The summed E-state index contributed by atoms with van der Waals surface area (Å²) >= 11 is 1.80. The lowest BCUT2D eigenvalue weighted by Gasteiger charge is -2.28. The smallest absolute Gasteiger partial charge is 0.303 e. The van der Waals surface area contributed by atoms with E-state index in [0.717, 1.165) is 57.3 Å². The van der Waals surface area contributed by atoms with Gasteiger partial charge in [-0.25, -0.2) is 4.98 Å². The van der Waals surface area contributed by atoms with E-state index >= 15 is 0 Å². The molecular formula is C25H34N2O2S. The Hall–Kier alpha value is -1.72. The van der Waals surface area contributed by atoms with Gasteiger partial charge in [-0.05, 0) is 68.7 Å². The summed E-state index contributed by atoms with van der Waals surface area (Å²) in [5, 5.41) is 12.4. The maximum absolute atomic E-state index is 10.8. The van der Waals surface area contributed by atoms with Crippen LogP contribution < -0.4 is 0 Å². The molecule has 30 heavy (non-hydrogen) atoms. The van der Waals surface area contributed by atoms with Crippen LogP contribution in [0.25, 0.3) is 11.3 Å². The predicted molar refractivity (Wildman–Crippen MR) is 123 cm³/mol. The summed E-state index contributed by atoms with van der Waals surface area (Å²) in [6, 6.07) is 6.96. The van der Waals surface area contributed by atoms with Crippen LogP contribution in [-0.4, -0.2) is 41.1 Å². The van der Waals surface area contributed by atoms with Crippen molar-refractivity contribution in [3.8, 4) is 11.3 Å². The first kappa shape index (κ1) is 21.5. The number of thiazole rings is 1. The van der Waals surface area contributed by atoms with E-state index in [0.29, 0.717) is 18.3 Å². The van der Waals surface area contributed by atoms with Gasteiger partial charge in [-0.15, -0.1) is 11.3 Å². The molecule has 0 spiro atoms. The monoisotopic (exact) mass is 426 g/mol. The van der Waals surface area contributed by atoms with Crippen LogP contribution in [0, 0.1) is 5.92 Å². The Balaban J connectivity index is 1.46. The fourth-order valence-electron chi connectivity index (χ4n) is 5.40. The van der Waals surface area contributed by atoms with Crippen molar-refractivity contribution in [3.63, 3.8) is 0 Å². The van der Waals surface area contributed by atoms with Gasteiger partial charge in [-0.1, -0.05) is 26.0 Å². The molecule has 0 radical (unpaired) electrons. The molecule has 0 bridgehead atoms. The molecule has 2 heterocycles. The number of benzene rings is 1. The molecule has 1 N–H and O–H groups in total. The van der Waals surface area contributed by atoms with Crippen LogP contribution >= 0.6 is 11.3 Å². The molecule has 0 atom stereocenters. The Bertz CT molecular complexity index is 896. The molecule has 1 aliphatic heterocycles. The van der Waals surface area contributed by atoms with E-state index in [4.69, 9.17) is 10.1 Å². The van der Waals surface area contributed by atoms with Gasteiger partial charge in [-0.3, -0.25) is 4.79 Å². The standard InChI is InChI=1S/C25H34N2O2S/c1-25(2)16-27(3)13-12-19-14-20(9-10-21(19)25)22-15-30-24(26-22)18-7-4-17(5-8-18)6-11-23(28)29/h9-10,14-15,17-18H,4-8,11-13,16H2,1-3H3,(H,28,29)/t17-,18-. The molecule has 1 saturated carbocycles. The third kappa shape index (κ3) is 4.78. The number of likely N-dealkylation sites (N-methyl/N-ethyl adjacent to an activating group) is 1. The van der Waals surface area contributed by atoms with Gasteiger partial charge in [0.05, 0.1) is 10.7 Å². The van der Waals surface area contributed by atoms with Crippen molar-refractivity contribution in [1.29, 1.82) is 0 Å². The van der Waals surface area contributed by atoms with Gasteiger partial charge >= 0.3 is 5.97 Å². The first-order chi connectivity index (χ1) is 14.3. The van der Waals surface area contributed by atoms with Gasteiger partial charge in [0.15, 0.2) is 0 Å². The second-order valence-electron chi connectivity index (χ2n) is 9.96. The van der Waals surface area contributed by atoms with Crippen molar-refractivity contribution < 1.29 is 9.90 Å². The summed E-state index contributed by atoms with van der Waals surface area (Å²) < 4.78 is 0. The Morgan fingerprint density at radius 2 is 2.03 bits per heavy atom. The Kier molecular flexibility index (Phi) is 6.31. The summed E-state index contributed by atoms with van der Waals surface area (Å²) in [6.07, 6.45) is 6.78. The molecule has 4 rings (SSSR count). The minimum atomic E-state index is -0.669. The number of hydrogen-bond acceptors (Lipinski definition) is 4. The van der Waals surface area contributed by atoms with E-state index in [2.05, 4.69) is 49.4 Å². The number of aliphatic carboxylic acids is 1. The molecule has 0 saturated heterocycles. The highest BCUT2D eigenvalue weighted by atomic mass is 32.1. The van der Waals surface area contributed by atoms with E-state index in [9.17, 15) is 4.79 Å². The zero-order valence-corrected chi connectivity index (χ0v) is 19.3. The highest BCUT2D eigenvalue weighted by Gasteiger charge is 2.29. The maximum atomic E-state index is 10.8. The molecule has 5 heteroatoms. The Morgan fingerprint density at radius 3 is 2.77 bits per heavy atom. The Labute approximate surface area is 184 Å². The zero-order chi connectivity index (χ0) is 21.3. The largest absolute Gasteiger partial charge is 0.481 e. The van der Waals surface area contributed by atoms with Gasteiger partial charge in [0, 0.05) is 41.8 Å². The molecule has 1 aromatic heterocycles. The number of rotatable bonds is 5. The average Bonchev–Trinajstić information content (AvgIpc) is 3.16. The minimum absolute atomic E-state index is 0.172. The van der Waals surface area contributed by atoms with Crippen LogP contribution in [0.2, 0.25) is 0 Å². The highest BCUT2D eigenvalue weighted by molar-refractivity contribution is 7.10. The summed E-state index contributed by atoms with van der Waals surface area (Å²) in [6.45, 7) is 6.89. The third-order valence-corrected chi connectivity index (χ3v) is 8.05. The van der Waals surface area contributed by atoms with Crippen LogP contribution in [0.15, 0.2) is 23.6 Å². The van der Waals surface area contributed by atoms with Gasteiger partial charge < -0.3 is 10.0 Å². The topological polar surface area (TPSA) is 53.4 Å². The van der Waals surface area contributed by atoms with Gasteiger partial charge in [0.25, 0.3) is 0 Å². The number of nitrogens with zero attached hydrogens (tertiary/aromatic N) is 2. The van der Waals surface area contributed by atoms with Crippen molar-refractivity contribution in [2.45, 2.75) is 70.1 Å². The summed E-state index contributed by atoms with van der Waals surface area (Å²) in [5.74, 6) is 0.443. The molecule has 0 amide bonds. The van der Waals surface area contributed by atoms with Gasteiger partial charge in [0.1, 0.15) is 0 Å². The molecule has 4 nitrogen and oxygen atoms in total. The molecule has 0 unspecified atom stereocenters. The van der Waals surface area contributed by atoms with Crippen LogP contribution in [-0.2, 0) is 16.6 Å². The molecule has 1 aliphatic carbocycles. The normalized spacial score (nSPS) is 24.2. The Morgan fingerprint density at radius 1 is 1.27 bits per heavy atom. The van der Waals surface area contributed by atoms with Crippen LogP contribution in [0.3, 0.4) is 0 Å². The summed E-state index contributed by atoms with van der Waals surface area (Å²) in [5.41, 5.74) is 5.47. The second-order valence-corrected chi connectivity index (χ2v) is 10.9. The fraction of sp³-hybridized carbons (Fsp3) is 0.600. The van der Waals surface area contributed by atoms with Crippen LogP contribution in [0.4, 0.5) is 0 Å². The fourth-order valence-corrected chi connectivity index (χ4v) is 6.40. The lowest BCUT2D eigenvalue weighted by molar-refractivity contribution is -0.137. The van der Waals surface area contributed by atoms with Crippen LogP contribution in [0.1, 0.15) is 74.4 Å². The molecule has 1 aromatic carbocycles. The predicted octanol–water partition coefficient (Wildman–Crippen LogP) is 5.71. The summed E-state index contributed by atoms with van der Waals surface area (Å²) in [4.78, 5) is 18.3. The minimum Gasteiger partial charge on any atom is -0.481 e. The highest BCUT2D eigenvalue weighted by Crippen LogP contribution is 2.40. The van der Waals surface area contributed by atoms with Crippen molar-refractivity contribution in [3.05, 3.63) is 39.7 Å². The quantitative estimate of drug-likeness (QED) is 0.665. The lowest BCUT2D eigenvalue weighted by atomic mass is 9.80. The number of hydrogen-bond donors (Lipinski definition) is 1. The maximum Gasteiger partial charge on any atom is 0.303 e. The van der Waals surface area contributed by atoms with E-state index < -0.39 is 5.97 Å². The number of fused-ring (bicyclic) bond motifs is 1. The zero-order valence-electron chi connectivity index (χ0n) is 18.5. The van der Waals surface area contributed by atoms with E-state index in [1.54, 1.807) is 11.3 Å². The van der Waals surface area contributed by atoms with Crippen molar-refractivity contribution in [2.75, 3.05) is 20.1 Å². The van der Waals surface area contributed by atoms with Gasteiger partial charge in [0.2, 0.25) is 0 Å². The number of carbonyl (C=O) groups is 1. The van der Waals surface area contributed by atoms with E-state index in [-0.39, 0.29) is 5.41 Å². The first-order valence-corrected chi connectivity index (χ1v) is 12.2. The number of aromatic nitrogens is 1. The number of carboxylic acids is 1. The molecule has 2 aliphatic rings. The van der Waals surface area contributed by atoms with Crippen molar-refractivity contribution >= 4 is 17.3 Å². The average molecular weight is 427 g/mol. The molecule has 2 aromatic rings. The SMILES string of the molecule is CN1CCc2cc(-c3csc([C@H]4CC[C@H](CCC(=O)O)CC4)n3)ccc2C(C)(C)C1. The second kappa shape index (κ2) is 8.80. The first-order valence-electron chi connectivity index (χ1n) is 11.3. The van der Waals surface area contributed by atoms with Crippen molar-refractivity contribution in [2.24, 2.45) is 5.92 Å². The van der Waals surface area contributed by atoms with Crippen molar-refractivity contribution in [1.82, 2.24) is 9.88 Å². The third-order valence-electron chi connectivity index (χ3n) is 7.04. The summed E-state index contributed by atoms with van der Waals surface area (Å²) in [7, 11) is 2.22. The lowest BCUT2D eigenvalue weighted by Crippen LogP contribution is -2.32. The van der Waals surface area contributed by atoms with Crippen LogP contribution in [0.5, 0.6) is 0 Å². The molecular weight excluding hydrogens is 392 g/mol. The number of carboxylic acid groups (broad SMARTS) is 1. The molecule has 1 fully saturated rings. The van der Waals surface area contributed by atoms with E-state index in [1.165, 1.54) is 21.7 Å².